The number of likely N-dealkylation sites (tertiary alicyclic amines) is 1. The fraction of sp³-hybridized carbons (Fsp3) is 0.622. The lowest BCUT2D eigenvalue weighted by Gasteiger charge is -2.35. The van der Waals surface area contributed by atoms with Crippen LogP contribution in [0.4, 0.5) is 0 Å². The van der Waals surface area contributed by atoms with Gasteiger partial charge < -0.3 is 24.4 Å². The van der Waals surface area contributed by atoms with E-state index in [2.05, 4.69) is 26.6 Å². The van der Waals surface area contributed by atoms with Crippen molar-refractivity contribution < 1.29 is 41.8 Å². The monoisotopic (exact) mass is 773 g/mol. The number of nitrogens with zero attached hydrogens (tertiary/aromatic N) is 3. The molecule has 53 heavy (non-hydrogen) atoms. The van der Waals surface area contributed by atoms with E-state index >= 15 is 0 Å². The molecule has 5 atom stereocenters. The summed E-state index contributed by atoms with van der Waals surface area (Å²) in [5.41, 5.74) is -1.34. The van der Waals surface area contributed by atoms with Gasteiger partial charge in [0.2, 0.25) is 21.8 Å². The summed E-state index contributed by atoms with van der Waals surface area (Å²) in [6, 6.07) is 3.93. The molecule has 0 bridgehead atoms. The van der Waals surface area contributed by atoms with Crippen molar-refractivity contribution in [2.45, 2.75) is 114 Å². The van der Waals surface area contributed by atoms with E-state index in [1.807, 2.05) is 20.8 Å². The Hall–Kier alpha value is -3.98. The van der Waals surface area contributed by atoms with Crippen LogP contribution in [-0.4, -0.2) is 89.2 Å². The third-order valence-electron chi connectivity index (χ3n) is 11.1. The molecule has 1 aromatic heterocycles. The maximum absolute atomic E-state index is 14.6. The largest absolute Gasteiger partial charge is 0.497 e. The Balaban J connectivity index is 1.28. The topological polar surface area (TPSA) is 183 Å². The molecule has 2 aromatic rings. The van der Waals surface area contributed by atoms with E-state index < -0.39 is 73.4 Å². The number of hydrogen-bond acceptors (Lipinski definition) is 11. The van der Waals surface area contributed by atoms with E-state index in [1.54, 1.807) is 25.1 Å². The van der Waals surface area contributed by atoms with Crippen LogP contribution in [0, 0.1) is 17.3 Å². The first-order chi connectivity index (χ1) is 24.9. The lowest BCUT2D eigenvalue weighted by atomic mass is 9.77. The maximum atomic E-state index is 14.6. The molecule has 14 nitrogen and oxygen atoms in total. The molecule has 288 valence electrons. The van der Waals surface area contributed by atoms with E-state index in [0.717, 1.165) is 25.7 Å². The van der Waals surface area contributed by atoms with Crippen LogP contribution >= 0.6 is 11.6 Å². The standard InChI is InChI=1S/C37H48ClN5O9S/c1-7-21-19-37(21,34(47)42-53(48,49)36(5)14-15-36)41-31(45)28-17-24(52-32-30(38)39-26-13-12-23(50-6)16-27(26)40-32)20-43(28)33(46)25(35(2,3)4)18-29(44)51-22-10-8-9-11-22/h7,12-13,16,21-22,24-25,28H,1,8-11,14-15,17-20H2,2-6H3,(H,41,45)(H,42,47)/t21-,24-,25-,28+,37-/m1/s1. The first-order valence-corrected chi connectivity index (χ1v) is 19.9. The van der Waals surface area contributed by atoms with Crippen LogP contribution in [0.2, 0.25) is 5.15 Å². The highest BCUT2D eigenvalue weighted by Crippen LogP contribution is 2.47. The van der Waals surface area contributed by atoms with Crippen LogP contribution in [0.1, 0.15) is 85.5 Å². The Morgan fingerprint density at radius 1 is 1.11 bits per heavy atom. The highest BCUT2D eigenvalue weighted by Gasteiger charge is 2.63. The van der Waals surface area contributed by atoms with Crippen LogP contribution < -0.4 is 19.5 Å². The van der Waals surface area contributed by atoms with Crippen LogP contribution in [0.5, 0.6) is 11.6 Å². The molecule has 0 unspecified atom stereocenters. The molecule has 4 aliphatic rings. The number of aromatic nitrogens is 2. The number of fused-ring (bicyclic) bond motifs is 1. The molecular weight excluding hydrogens is 726 g/mol. The molecule has 0 spiro atoms. The van der Waals surface area contributed by atoms with E-state index in [9.17, 15) is 27.6 Å². The van der Waals surface area contributed by atoms with Gasteiger partial charge in [0.25, 0.3) is 11.8 Å². The Labute approximate surface area is 314 Å². The van der Waals surface area contributed by atoms with Crippen molar-refractivity contribution in [1.29, 1.82) is 0 Å². The summed E-state index contributed by atoms with van der Waals surface area (Å²) in [6.07, 6.45) is 4.77. The van der Waals surface area contributed by atoms with Crippen LogP contribution in [-0.2, 0) is 33.9 Å². The van der Waals surface area contributed by atoms with Gasteiger partial charge in [-0.3, -0.25) is 23.9 Å². The predicted octanol–water partition coefficient (Wildman–Crippen LogP) is 4.24. The predicted molar refractivity (Wildman–Crippen MR) is 195 cm³/mol. The van der Waals surface area contributed by atoms with Gasteiger partial charge in [-0.05, 0) is 69.4 Å². The van der Waals surface area contributed by atoms with Crippen molar-refractivity contribution in [2.75, 3.05) is 13.7 Å². The second-order valence-electron chi connectivity index (χ2n) is 16.1. The molecule has 3 saturated carbocycles. The summed E-state index contributed by atoms with van der Waals surface area (Å²) in [6.45, 7) is 10.8. The lowest BCUT2D eigenvalue weighted by molar-refractivity contribution is -0.156. The second-order valence-corrected chi connectivity index (χ2v) is 18.6. The second kappa shape index (κ2) is 14.3. The number of carbonyl (C=O) groups excluding carboxylic acids is 4. The van der Waals surface area contributed by atoms with E-state index in [1.165, 1.54) is 18.1 Å². The van der Waals surface area contributed by atoms with Gasteiger partial charge in [0.05, 0.1) is 41.8 Å². The molecule has 1 aromatic carbocycles. The smallest absolute Gasteiger partial charge is 0.306 e. The van der Waals surface area contributed by atoms with Crippen molar-refractivity contribution >= 4 is 56.3 Å². The first kappa shape index (κ1) is 38.7. The first-order valence-electron chi connectivity index (χ1n) is 18.1. The number of ether oxygens (including phenoxy) is 3. The van der Waals surface area contributed by atoms with Gasteiger partial charge in [-0.15, -0.1) is 6.58 Å². The summed E-state index contributed by atoms with van der Waals surface area (Å²) >= 11 is 6.50. The number of methoxy groups -OCH3 is 1. The zero-order chi connectivity index (χ0) is 38.5. The van der Waals surface area contributed by atoms with Gasteiger partial charge >= 0.3 is 5.97 Å². The lowest BCUT2D eigenvalue weighted by Crippen LogP contribution is -2.57. The third-order valence-corrected chi connectivity index (χ3v) is 13.5. The van der Waals surface area contributed by atoms with Gasteiger partial charge in [-0.2, -0.15) is 0 Å². The molecule has 6 rings (SSSR count). The number of amides is 3. The van der Waals surface area contributed by atoms with Gasteiger partial charge in [-0.1, -0.05) is 38.4 Å². The van der Waals surface area contributed by atoms with E-state index in [-0.39, 0.29) is 42.9 Å². The van der Waals surface area contributed by atoms with Gasteiger partial charge in [0.15, 0.2) is 5.15 Å². The van der Waals surface area contributed by atoms with Crippen LogP contribution in [0.3, 0.4) is 0 Å². The summed E-state index contributed by atoms with van der Waals surface area (Å²) in [7, 11) is -2.48. The Bertz CT molecular complexity index is 1920. The van der Waals surface area contributed by atoms with E-state index in [0.29, 0.717) is 29.6 Å². The van der Waals surface area contributed by atoms with Gasteiger partial charge in [0.1, 0.15) is 29.5 Å². The highest BCUT2D eigenvalue weighted by atomic mass is 35.5. The van der Waals surface area contributed by atoms with Crippen molar-refractivity contribution in [3.8, 4) is 11.6 Å². The number of hydrogen-bond donors (Lipinski definition) is 2. The van der Waals surface area contributed by atoms with Crippen LogP contribution in [0.15, 0.2) is 30.9 Å². The van der Waals surface area contributed by atoms with Crippen molar-refractivity contribution in [3.63, 3.8) is 0 Å². The molecule has 3 amide bonds. The van der Waals surface area contributed by atoms with Crippen molar-refractivity contribution in [1.82, 2.24) is 24.9 Å². The third kappa shape index (κ3) is 7.96. The minimum atomic E-state index is -4.00. The number of rotatable bonds is 13. The Morgan fingerprint density at radius 2 is 1.81 bits per heavy atom. The molecule has 1 saturated heterocycles. The molecule has 0 radical (unpaired) electrons. The zero-order valence-corrected chi connectivity index (χ0v) is 32.3. The maximum Gasteiger partial charge on any atom is 0.306 e. The summed E-state index contributed by atoms with van der Waals surface area (Å²) < 4.78 is 44.4. The van der Waals surface area contributed by atoms with Gasteiger partial charge in [-0.25, -0.2) is 18.4 Å². The highest BCUT2D eigenvalue weighted by molar-refractivity contribution is 7.91. The van der Waals surface area contributed by atoms with E-state index in [4.69, 9.17) is 25.8 Å². The molecule has 3 aliphatic carbocycles. The molecular formula is C37H48ClN5O9S. The normalized spacial score (nSPS) is 25.7. The zero-order valence-electron chi connectivity index (χ0n) is 30.8. The van der Waals surface area contributed by atoms with Crippen molar-refractivity contribution in [3.05, 3.63) is 36.0 Å². The van der Waals surface area contributed by atoms with Crippen molar-refractivity contribution in [2.24, 2.45) is 17.3 Å². The number of carbonyl (C=O) groups is 4. The Morgan fingerprint density at radius 3 is 2.42 bits per heavy atom. The summed E-state index contributed by atoms with van der Waals surface area (Å²) in [4.78, 5) is 66.0. The Kier molecular flexibility index (Phi) is 10.5. The molecule has 2 N–H and O–H groups in total. The fourth-order valence-corrected chi connectivity index (χ4v) is 8.71. The quantitative estimate of drug-likeness (QED) is 0.219. The fourth-order valence-electron chi connectivity index (χ4n) is 7.22. The minimum Gasteiger partial charge on any atom is -0.497 e. The summed E-state index contributed by atoms with van der Waals surface area (Å²) in [5.74, 6) is -3.37. The number of benzene rings is 1. The summed E-state index contributed by atoms with van der Waals surface area (Å²) in [5, 5.41) is 2.77. The number of halogens is 1. The average Bonchev–Trinajstić information content (AvgIpc) is 3.88. The SMILES string of the molecule is C=C[C@@H]1C[C@]1(NC(=O)[C@@H]1C[C@@H](Oc2nc3cc(OC)ccc3nc2Cl)CN1C(=O)[C@@H](CC(=O)OC1CCCC1)C(C)(C)C)C(=O)NS(=O)(=O)C1(C)CC1. The van der Waals surface area contributed by atoms with Crippen LogP contribution in [0.25, 0.3) is 11.0 Å². The molecule has 1 aliphatic heterocycles. The molecule has 2 heterocycles. The minimum absolute atomic E-state index is 0.0121. The molecule has 4 fully saturated rings. The van der Waals surface area contributed by atoms with Gasteiger partial charge in [0, 0.05) is 18.4 Å². The number of esters is 1. The molecule has 16 heteroatoms. The average molecular weight is 774 g/mol. The number of sulfonamides is 1. The number of nitrogens with one attached hydrogen (secondary N) is 2.